The largest absolute Gasteiger partial charge is 0.192 e. The molecule has 1 aromatic carbocycles. The molecule has 0 radical (unpaired) electrons. The summed E-state index contributed by atoms with van der Waals surface area (Å²) in [6.45, 7) is 0. The molecular formula is C12H11N. The van der Waals surface area contributed by atoms with Crippen molar-refractivity contribution in [3.63, 3.8) is 0 Å². The first-order valence-electron chi connectivity index (χ1n) is 4.57. The number of nitrogens with zero attached hydrogens (tertiary/aromatic N) is 1. The Morgan fingerprint density at radius 1 is 1.23 bits per heavy atom. The maximum atomic E-state index is 8.63. The van der Waals surface area contributed by atoms with E-state index in [-0.39, 0.29) is 0 Å². The number of hydrogen-bond acceptors (Lipinski definition) is 1. The second-order valence-corrected chi connectivity index (χ2v) is 3.35. The Bertz CT molecular complexity index is 354. The van der Waals surface area contributed by atoms with Gasteiger partial charge in [-0.2, -0.15) is 5.26 Å². The van der Waals surface area contributed by atoms with Crippen LogP contribution >= 0.6 is 0 Å². The molecule has 0 N–H and O–H groups in total. The minimum absolute atomic E-state index is 0.577. The fourth-order valence-electron chi connectivity index (χ4n) is 1.72. The summed E-state index contributed by atoms with van der Waals surface area (Å²) in [6, 6.07) is 10.0. The maximum Gasteiger partial charge on any atom is 0.0991 e. The van der Waals surface area contributed by atoms with Crippen molar-refractivity contribution >= 4 is 0 Å². The van der Waals surface area contributed by atoms with Gasteiger partial charge in [0.1, 0.15) is 0 Å². The fourth-order valence-corrected chi connectivity index (χ4v) is 1.72. The van der Waals surface area contributed by atoms with Crippen molar-refractivity contribution in [3.8, 4) is 6.07 Å². The highest BCUT2D eigenvalue weighted by molar-refractivity contribution is 5.35. The van der Waals surface area contributed by atoms with Crippen LogP contribution in [0.1, 0.15) is 29.9 Å². The van der Waals surface area contributed by atoms with Gasteiger partial charge in [0.05, 0.1) is 11.6 Å². The summed E-state index contributed by atoms with van der Waals surface area (Å²) >= 11 is 0. The van der Waals surface area contributed by atoms with Crippen LogP contribution in [0.4, 0.5) is 0 Å². The SMILES string of the molecule is N#Cc1ccc(C2C=CCC2)cc1. The van der Waals surface area contributed by atoms with Gasteiger partial charge in [-0.05, 0) is 30.5 Å². The zero-order valence-corrected chi connectivity index (χ0v) is 7.40. The Morgan fingerprint density at radius 3 is 2.54 bits per heavy atom. The van der Waals surface area contributed by atoms with E-state index in [9.17, 15) is 0 Å². The predicted molar refractivity (Wildman–Crippen MR) is 52.3 cm³/mol. The molecule has 64 valence electrons. The highest BCUT2D eigenvalue weighted by atomic mass is 14.2. The molecule has 1 atom stereocenters. The second-order valence-electron chi connectivity index (χ2n) is 3.35. The van der Waals surface area contributed by atoms with E-state index in [2.05, 4.69) is 30.4 Å². The Balaban J connectivity index is 2.23. The third-order valence-corrected chi connectivity index (χ3v) is 2.48. The van der Waals surface area contributed by atoms with Crippen LogP contribution in [0.5, 0.6) is 0 Å². The molecule has 0 amide bonds. The third-order valence-electron chi connectivity index (χ3n) is 2.48. The van der Waals surface area contributed by atoms with E-state index in [1.165, 1.54) is 18.4 Å². The molecule has 2 rings (SSSR count). The summed E-state index contributed by atoms with van der Waals surface area (Å²) in [7, 11) is 0. The van der Waals surface area contributed by atoms with E-state index < -0.39 is 0 Å². The van der Waals surface area contributed by atoms with Crippen LogP contribution in [0, 0.1) is 11.3 Å². The van der Waals surface area contributed by atoms with Gasteiger partial charge in [-0.3, -0.25) is 0 Å². The Labute approximate surface area is 78.3 Å². The summed E-state index contributed by atoms with van der Waals surface area (Å²) in [5, 5.41) is 8.63. The quantitative estimate of drug-likeness (QED) is 0.593. The molecule has 0 saturated heterocycles. The van der Waals surface area contributed by atoms with Crippen molar-refractivity contribution in [1.29, 1.82) is 5.26 Å². The van der Waals surface area contributed by atoms with Gasteiger partial charge in [-0.25, -0.2) is 0 Å². The summed E-state index contributed by atoms with van der Waals surface area (Å²) < 4.78 is 0. The molecule has 0 bridgehead atoms. The van der Waals surface area contributed by atoms with Crippen molar-refractivity contribution in [3.05, 3.63) is 47.5 Å². The lowest BCUT2D eigenvalue weighted by molar-refractivity contribution is 0.801. The molecule has 1 heteroatoms. The average Bonchev–Trinajstić information content (AvgIpc) is 2.71. The zero-order chi connectivity index (χ0) is 9.10. The van der Waals surface area contributed by atoms with E-state index in [1.807, 2.05) is 12.1 Å². The molecule has 0 aromatic heterocycles. The minimum atomic E-state index is 0.577. The topological polar surface area (TPSA) is 23.8 Å². The Hall–Kier alpha value is -1.55. The normalized spacial score (nSPS) is 20.1. The van der Waals surface area contributed by atoms with Crippen LogP contribution in [0.15, 0.2) is 36.4 Å². The first kappa shape index (κ1) is 8.07. The molecule has 1 unspecified atom stereocenters. The Kier molecular flexibility index (Phi) is 2.14. The van der Waals surface area contributed by atoms with Gasteiger partial charge in [0.2, 0.25) is 0 Å². The van der Waals surface area contributed by atoms with Crippen molar-refractivity contribution < 1.29 is 0 Å². The van der Waals surface area contributed by atoms with Gasteiger partial charge < -0.3 is 0 Å². The van der Waals surface area contributed by atoms with Crippen molar-refractivity contribution in [1.82, 2.24) is 0 Å². The number of hydrogen-bond donors (Lipinski definition) is 0. The molecule has 1 aromatic rings. The highest BCUT2D eigenvalue weighted by Gasteiger charge is 2.10. The molecule has 0 fully saturated rings. The molecule has 0 saturated carbocycles. The van der Waals surface area contributed by atoms with Gasteiger partial charge in [-0.1, -0.05) is 24.3 Å². The Morgan fingerprint density at radius 2 is 2.00 bits per heavy atom. The second kappa shape index (κ2) is 3.45. The summed E-state index contributed by atoms with van der Waals surface area (Å²) in [4.78, 5) is 0. The average molecular weight is 169 g/mol. The van der Waals surface area contributed by atoms with Gasteiger partial charge in [-0.15, -0.1) is 0 Å². The predicted octanol–water partition coefficient (Wildman–Crippen LogP) is 2.99. The number of allylic oxidation sites excluding steroid dienone is 2. The number of nitriles is 1. The number of benzene rings is 1. The van der Waals surface area contributed by atoms with Gasteiger partial charge in [0.25, 0.3) is 0 Å². The maximum absolute atomic E-state index is 8.63. The van der Waals surface area contributed by atoms with E-state index in [0.717, 1.165) is 5.56 Å². The van der Waals surface area contributed by atoms with E-state index in [1.54, 1.807) is 0 Å². The standard InChI is InChI=1S/C12H11N/c13-9-10-5-7-12(8-6-10)11-3-1-2-4-11/h1,3,5-8,11H,2,4H2. The molecule has 0 aliphatic heterocycles. The molecule has 1 nitrogen and oxygen atoms in total. The van der Waals surface area contributed by atoms with E-state index in [0.29, 0.717) is 5.92 Å². The van der Waals surface area contributed by atoms with E-state index >= 15 is 0 Å². The zero-order valence-electron chi connectivity index (χ0n) is 7.40. The van der Waals surface area contributed by atoms with Crippen molar-refractivity contribution in [2.24, 2.45) is 0 Å². The van der Waals surface area contributed by atoms with Crippen LogP contribution in [0.2, 0.25) is 0 Å². The van der Waals surface area contributed by atoms with Crippen LogP contribution < -0.4 is 0 Å². The van der Waals surface area contributed by atoms with Gasteiger partial charge in [0, 0.05) is 5.92 Å². The smallest absolute Gasteiger partial charge is 0.0991 e. The van der Waals surface area contributed by atoms with Crippen LogP contribution in [0.25, 0.3) is 0 Å². The van der Waals surface area contributed by atoms with Crippen molar-refractivity contribution in [2.75, 3.05) is 0 Å². The monoisotopic (exact) mass is 169 g/mol. The number of rotatable bonds is 1. The first-order chi connectivity index (χ1) is 6.40. The first-order valence-corrected chi connectivity index (χ1v) is 4.57. The molecule has 0 heterocycles. The summed E-state index contributed by atoms with van der Waals surface area (Å²) in [5.74, 6) is 0.577. The fraction of sp³-hybridized carbons (Fsp3) is 0.250. The lowest BCUT2D eigenvalue weighted by Gasteiger charge is -2.06. The molecule has 1 aliphatic carbocycles. The van der Waals surface area contributed by atoms with Gasteiger partial charge >= 0.3 is 0 Å². The van der Waals surface area contributed by atoms with Crippen LogP contribution in [-0.2, 0) is 0 Å². The van der Waals surface area contributed by atoms with Crippen molar-refractivity contribution in [2.45, 2.75) is 18.8 Å². The molecular weight excluding hydrogens is 158 g/mol. The van der Waals surface area contributed by atoms with Crippen LogP contribution in [-0.4, -0.2) is 0 Å². The lowest BCUT2D eigenvalue weighted by Crippen LogP contribution is -1.90. The molecule has 1 aliphatic rings. The summed E-state index contributed by atoms with van der Waals surface area (Å²) in [6.07, 6.45) is 6.88. The lowest BCUT2D eigenvalue weighted by atomic mass is 9.98. The van der Waals surface area contributed by atoms with E-state index in [4.69, 9.17) is 5.26 Å². The third kappa shape index (κ3) is 1.62. The highest BCUT2D eigenvalue weighted by Crippen LogP contribution is 2.27. The van der Waals surface area contributed by atoms with Crippen LogP contribution in [0.3, 0.4) is 0 Å². The molecule has 13 heavy (non-hydrogen) atoms. The summed E-state index contributed by atoms with van der Waals surface area (Å²) in [5.41, 5.74) is 2.07. The molecule has 0 spiro atoms. The minimum Gasteiger partial charge on any atom is -0.192 e. The van der Waals surface area contributed by atoms with Gasteiger partial charge in [0.15, 0.2) is 0 Å².